The molecular formula is C12H16N2O6. The van der Waals surface area contributed by atoms with Gasteiger partial charge >= 0.3 is 12.5 Å². The summed E-state index contributed by atoms with van der Waals surface area (Å²) in [6.07, 6.45) is -2.04. The van der Waals surface area contributed by atoms with Gasteiger partial charge in [-0.05, 0) is 11.1 Å². The number of benzene rings is 1. The Morgan fingerprint density at radius 2 is 1.40 bits per heavy atom. The normalized spacial score (nSPS) is 13.7. The molecule has 0 saturated carbocycles. The second-order valence-electron chi connectivity index (χ2n) is 4.18. The van der Waals surface area contributed by atoms with Gasteiger partial charge in [0, 0.05) is 14.2 Å². The molecule has 0 radical (unpaired) electrons. The summed E-state index contributed by atoms with van der Waals surface area (Å²) in [5, 5.41) is 21.4. The van der Waals surface area contributed by atoms with Crippen molar-refractivity contribution in [2.45, 2.75) is 25.3 Å². The molecule has 8 nitrogen and oxygen atoms in total. The number of methoxy groups -OCH3 is 2. The lowest BCUT2D eigenvalue weighted by Crippen LogP contribution is -2.25. The second-order valence-corrected chi connectivity index (χ2v) is 4.18. The van der Waals surface area contributed by atoms with Crippen molar-refractivity contribution in [1.29, 1.82) is 0 Å². The van der Waals surface area contributed by atoms with E-state index < -0.39 is 22.3 Å². The monoisotopic (exact) mass is 284 g/mol. The standard InChI is InChI=1S/C12H16N2O6/c1-19-11(13(15)16)7-9-4-3-5-10(6-9)8-12(20-2)14(17)18/h3-6,11-12H,7-8H2,1-2H3. The average molecular weight is 284 g/mol. The van der Waals surface area contributed by atoms with Crippen LogP contribution in [0.15, 0.2) is 24.3 Å². The van der Waals surface area contributed by atoms with Crippen molar-refractivity contribution in [1.82, 2.24) is 0 Å². The van der Waals surface area contributed by atoms with Crippen LogP contribution in [0.5, 0.6) is 0 Å². The van der Waals surface area contributed by atoms with Crippen LogP contribution in [-0.4, -0.2) is 36.5 Å². The molecule has 0 aliphatic carbocycles. The molecule has 1 rings (SSSR count). The molecule has 0 spiro atoms. The van der Waals surface area contributed by atoms with Gasteiger partial charge in [-0.3, -0.25) is 20.2 Å². The Morgan fingerprint density at radius 1 is 1.00 bits per heavy atom. The molecule has 0 aromatic heterocycles. The van der Waals surface area contributed by atoms with Crippen molar-refractivity contribution < 1.29 is 19.3 Å². The first-order chi connectivity index (χ1) is 9.47. The highest BCUT2D eigenvalue weighted by atomic mass is 16.7. The summed E-state index contributed by atoms with van der Waals surface area (Å²) < 4.78 is 9.53. The summed E-state index contributed by atoms with van der Waals surface area (Å²) in [5.74, 6) is 0. The van der Waals surface area contributed by atoms with Crippen molar-refractivity contribution in [3.05, 3.63) is 55.6 Å². The molecule has 0 amide bonds. The number of nitrogens with zero attached hydrogens (tertiary/aromatic N) is 2. The van der Waals surface area contributed by atoms with Gasteiger partial charge in [0.25, 0.3) is 0 Å². The summed E-state index contributed by atoms with van der Waals surface area (Å²) in [6, 6.07) is 6.81. The molecule has 8 heteroatoms. The zero-order valence-corrected chi connectivity index (χ0v) is 11.2. The average Bonchev–Trinajstić information content (AvgIpc) is 2.41. The highest BCUT2D eigenvalue weighted by Crippen LogP contribution is 2.12. The largest absolute Gasteiger partial charge is 0.320 e. The highest BCUT2D eigenvalue weighted by Gasteiger charge is 2.21. The maximum Gasteiger partial charge on any atom is 0.319 e. The van der Waals surface area contributed by atoms with E-state index in [4.69, 9.17) is 9.47 Å². The molecule has 0 aliphatic heterocycles. The number of hydrogen-bond acceptors (Lipinski definition) is 6. The number of ether oxygens (including phenoxy) is 2. The van der Waals surface area contributed by atoms with Gasteiger partial charge in [0.05, 0.1) is 22.7 Å². The smallest absolute Gasteiger partial charge is 0.319 e. The van der Waals surface area contributed by atoms with Crippen LogP contribution in [0.2, 0.25) is 0 Å². The molecule has 110 valence electrons. The van der Waals surface area contributed by atoms with Crippen LogP contribution in [0.3, 0.4) is 0 Å². The van der Waals surface area contributed by atoms with Gasteiger partial charge in [-0.1, -0.05) is 24.3 Å². The van der Waals surface area contributed by atoms with Crippen LogP contribution in [0.4, 0.5) is 0 Å². The molecule has 1 aromatic rings. The fourth-order valence-corrected chi connectivity index (χ4v) is 1.77. The Balaban J connectivity index is 2.80. The van der Waals surface area contributed by atoms with E-state index in [0.29, 0.717) is 11.1 Å². The van der Waals surface area contributed by atoms with Crippen LogP contribution in [0.1, 0.15) is 11.1 Å². The third-order valence-electron chi connectivity index (χ3n) is 2.83. The van der Waals surface area contributed by atoms with Gasteiger partial charge in [0.2, 0.25) is 0 Å². The Kier molecular flexibility index (Phi) is 6.01. The summed E-state index contributed by atoms with van der Waals surface area (Å²) in [7, 11) is 2.54. The lowest BCUT2D eigenvalue weighted by atomic mass is 10.0. The van der Waals surface area contributed by atoms with E-state index in [1.165, 1.54) is 14.2 Å². The molecule has 0 N–H and O–H groups in total. The predicted octanol–water partition coefficient (Wildman–Crippen LogP) is 1.27. The van der Waals surface area contributed by atoms with Crippen molar-refractivity contribution in [2.24, 2.45) is 0 Å². The van der Waals surface area contributed by atoms with Crippen LogP contribution < -0.4 is 0 Å². The zero-order chi connectivity index (χ0) is 15.1. The highest BCUT2D eigenvalue weighted by molar-refractivity contribution is 5.24. The summed E-state index contributed by atoms with van der Waals surface area (Å²) in [5.41, 5.74) is 1.37. The van der Waals surface area contributed by atoms with Gasteiger partial charge in [0.1, 0.15) is 0 Å². The minimum atomic E-state index is -1.13. The number of rotatable bonds is 8. The van der Waals surface area contributed by atoms with Gasteiger partial charge in [-0.15, -0.1) is 0 Å². The van der Waals surface area contributed by atoms with E-state index in [1.807, 2.05) is 0 Å². The van der Waals surface area contributed by atoms with E-state index in [0.717, 1.165) is 0 Å². The van der Waals surface area contributed by atoms with Gasteiger partial charge < -0.3 is 9.47 Å². The van der Waals surface area contributed by atoms with Crippen LogP contribution >= 0.6 is 0 Å². The fourth-order valence-electron chi connectivity index (χ4n) is 1.77. The maximum atomic E-state index is 10.7. The molecular weight excluding hydrogens is 268 g/mol. The molecule has 2 unspecified atom stereocenters. The van der Waals surface area contributed by atoms with Crippen LogP contribution in [0.25, 0.3) is 0 Å². The molecule has 1 aromatic carbocycles. The van der Waals surface area contributed by atoms with Crippen molar-refractivity contribution in [2.75, 3.05) is 14.2 Å². The summed E-state index contributed by atoms with van der Waals surface area (Å²) >= 11 is 0. The third-order valence-corrected chi connectivity index (χ3v) is 2.83. The zero-order valence-electron chi connectivity index (χ0n) is 11.2. The molecule has 0 fully saturated rings. The first-order valence-electron chi connectivity index (χ1n) is 5.88. The minimum Gasteiger partial charge on any atom is -0.320 e. The van der Waals surface area contributed by atoms with Gasteiger partial charge in [-0.2, -0.15) is 0 Å². The van der Waals surface area contributed by atoms with Crippen LogP contribution in [0, 0.1) is 20.2 Å². The van der Waals surface area contributed by atoms with Crippen molar-refractivity contribution in [3.8, 4) is 0 Å². The Bertz CT molecular complexity index is 440. The molecule has 0 heterocycles. The predicted molar refractivity (Wildman–Crippen MR) is 69.4 cm³/mol. The van der Waals surface area contributed by atoms with Gasteiger partial charge in [0.15, 0.2) is 0 Å². The third kappa shape index (κ3) is 4.56. The Labute approximate surface area is 115 Å². The van der Waals surface area contributed by atoms with Crippen molar-refractivity contribution in [3.63, 3.8) is 0 Å². The van der Waals surface area contributed by atoms with E-state index in [9.17, 15) is 20.2 Å². The van der Waals surface area contributed by atoms with Crippen LogP contribution in [-0.2, 0) is 22.3 Å². The maximum absolute atomic E-state index is 10.7. The fraction of sp³-hybridized carbons (Fsp3) is 0.500. The molecule has 20 heavy (non-hydrogen) atoms. The summed E-state index contributed by atoms with van der Waals surface area (Å²) in [4.78, 5) is 20.4. The lowest BCUT2D eigenvalue weighted by Gasteiger charge is -2.10. The van der Waals surface area contributed by atoms with Gasteiger partial charge in [-0.25, -0.2) is 0 Å². The lowest BCUT2D eigenvalue weighted by molar-refractivity contribution is -0.572. The molecule has 2 atom stereocenters. The Morgan fingerprint density at radius 3 is 1.70 bits per heavy atom. The molecule has 0 aliphatic rings. The topological polar surface area (TPSA) is 105 Å². The van der Waals surface area contributed by atoms with E-state index in [2.05, 4.69) is 0 Å². The molecule has 0 bridgehead atoms. The minimum absolute atomic E-state index is 0.105. The SMILES string of the molecule is COC(Cc1cccc(CC(OC)[N+](=O)[O-])c1)[N+](=O)[O-]. The number of hydrogen-bond donors (Lipinski definition) is 0. The van der Waals surface area contributed by atoms with E-state index in [1.54, 1.807) is 24.3 Å². The number of nitro groups is 2. The van der Waals surface area contributed by atoms with E-state index >= 15 is 0 Å². The quantitative estimate of drug-likeness (QED) is 0.404. The second kappa shape index (κ2) is 7.51. The Hall–Kier alpha value is -2.06. The first-order valence-corrected chi connectivity index (χ1v) is 5.88. The summed E-state index contributed by atoms with van der Waals surface area (Å²) in [6.45, 7) is 0. The first kappa shape index (κ1) is 16.0. The molecule has 0 saturated heterocycles. The van der Waals surface area contributed by atoms with Crippen molar-refractivity contribution >= 4 is 0 Å². The van der Waals surface area contributed by atoms with E-state index in [-0.39, 0.29) is 12.8 Å².